The van der Waals surface area contributed by atoms with Crippen molar-refractivity contribution in [3.05, 3.63) is 35.1 Å². The molecule has 0 saturated carbocycles. The normalized spacial score (nSPS) is 9.23. The van der Waals surface area contributed by atoms with Crippen LogP contribution in [0.3, 0.4) is 0 Å². The first-order chi connectivity index (χ1) is 5.54. The van der Waals surface area contributed by atoms with Gasteiger partial charge in [0.05, 0.1) is 5.82 Å². The molecule has 0 atom stereocenters. The van der Waals surface area contributed by atoms with Crippen molar-refractivity contribution >= 4 is 5.78 Å². The van der Waals surface area contributed by atoms with Crippen LogP contribution >= 0.6 is 0 Å². The van der Waals surface area contributed by atoms with Gasteiger partial charge in [0, 0.05) is 31.1 Å². The molecule has 0 unspecified atom stereocenters. The molecule has 0 spiro atoms. The zero-order valence-electron chi connectivity index (χ0n) is 6.83. The zero-order chi connectivity index (χ0) is 9.30. The van der Waals surface area contributed by atoms with E-state index < -0.39 is 28.8 Å². The van der Waals surface area contributed by atoms with Crippen LogP contribution in [0.5, 0.6) is 0 Å². The van der Waals surface area contributed by atoms with Crippen LogP contribution in [0.2, 0.25) is 0 Å². The van der Waals surface area contributed by atoms with Crippen LogP contribution in [0, 0.1) is 23.5 Å². The Morgan fingerprint density at radius 2 is 1.92 bits per heavy atom. The van der Waals surface area contributed by atoms with Gasteiger partial charge in [0.2, 0.25) is 0 Å². The monoisotopic (exact) mass is 237 g/mol. The molecule has 1 aromatic carbocycles. The molecule has 0 N–H and O–H groups in total. The van der Waals surface area contributed by atoms with Crippen LogP contribution < -0.4 is 0 Å². The van der Waals surface area contributed by atoms with Gasteiger partial charge in [0.15, 0.2) is 0 Å². The van der Waals surface area contributed by atoms with E-state index in [0.717, 1.165) is 6.92 Å². The molecule has 5 heteroatoms. The van der Waals surface area contributed by atoms with Crippen LogP contribution in [0.1, 0.15) is 17.3 Å². The van der Waals surface area contributed by atoms with Gasteiger partial charge in [-0.15, -0.1) is 12.1 Å². The number of carbonyl (C=O) groups excluding carboxylic acids is 1. The Kier molecular flexibility index (Phi) is 4.27. The van der Waals surface area contributed by atoms with E-state index in [1.807, 2.05) is 0 Å². The molecule has 1 rings (SSSR count). The van der Waals surface area contributed by atoms with E-state index in [0.29, 0.717) is 6.07 Å². The molecule has 0 heterocycles. The van der Waals surface area contributed by atoms with E-state index in [1.54, 1.807) is 6.07 Å². The van der Waals surface area contributed by atoms with Crippen molar-refractivity contribution in [3.63, 3.8) is 0 Å². The number of halogens is 3. The smallest absolute Gasteiger partial charge is 0.141 e. The minimum Gasteiger partial charge on any atom is -0.297 e. The van der Waals surface area contributed by atoms with Gasteiger partial charge in [0.25, 0.3) is 0 Å². The van der Waals surface area contributed by atoms with Gasteiger partial charge in [-0.05, 0) is 12.5 Å². The molecular weight excluding hydrogens is 234 g/mol. The summed E-state index contributed by atoms with van der Waals surface area (Å²) in [5, 5.41) is 0. The minimum absolute atomic E-state index is 0. The van der Waals surface area contributed by atoms with E-state index in [2.05, 4.69) is 0 Å². The molecule has 0 aliphatic heterocycles. The molecule has 0 saturated heterocycles. The maximum atomic E-state index is 12.6. The van der Waals surface area contributed by atoms with Crippen molar-refractivity contribution in [1.29, 1.82) is 0 Å². The second-order valence-corrected chi connectivity index (χ2v) is 2.20. The van der Waals surface area contributed by atoms with Gasteiger partial charge in [0.1, 0.15) is 5.78 Å². The Morgan fingerprint density at radius 1 is 1.38 bits per heavy atom. The van der Waals surface area contributed by atoms with Gasteiger partial charge >= 0.3 is 0 Å². The number of Topliss-reactive ketones (excluding diaryl/α,β-unsaturated/α-hetero) is 1. The van der Waals surface area contributed by atoms with E-state index in [1.165, 1.54) is 0 Å². The molecule has 0 aliphatic rings. The first-order valence-electron chi connectivity index (χ1n) is 3.10. The molecule has 0 amide bonds. The average Bonchev–Trinajstić information content (AvgIpc) is 1.97. The summed E-state index contributed by atoms with van der Waals surface area (Å²) < 4.78 is 37.6. The Balaban J connectivity index is 0.00000144. The van der Waals surface area contributed by atoms with Crippen LogP contribution in [0.15, 0.2) is 6.07 Å². The summed E-state index contributed by atoms with van der Waals surface area (Å²) >= 11 is 0. The van der Waals surface area contributed by atoms with Gasteiger partial charge < -0.3 is 0 Å². The third-order valence-corrected chi connectivity index (χ3v) is 1.33. The zero-order valence-corrected chi connectivity index (χ0v) is 9.79. The van der Waals surface area contributed by atoms with E-state index in [4.69, 9.17) is 0 Å². The molecule has 1 aromatic rings. The predicted molar refractivity (Wildman–Crippen MR) is 35.2 cm³/mol. The van der Waals surface area contributed by atoms with E-state index in [9.17, 15) is 18.0 Å². The van der Waals surface area contributed by atoms with Crippen LogP contribution in [0.25, 0.3) is 0 Å². The van der Waals surface area contributed by atoms with Crippen LogP contribution in [-0.4, -0.2) is 5.78 Å². The van der Waals surface area contributed by atoms with Crippen molar-refractivity contribution in [3.8, 4) is 0 Å². The molecule has 0 fully saturated rings. The summed E-state index contributed by atoms with van der Waals surface area (Å²) in [4.78, 5) is 10.6. The first-order valence-corrected chi connectivity index (χ1v) is 3.10. The van der Waals surface area contributed by atoms with Crippen molar-refractivity contribution in [2.45, 2.75) is 6.92 Å². The maximum Gasteiger partial charge on any atom is 0.141 e. The summed E-state index contributed by atoms with van der Waals surface area (Å²) in [7, 11) is 0. The van der Waals surface area contributed by atoms with Crippen molar-refractivity contribution in [1.82, 2.24) is 0 Å². The summed E-state index contributed by atoms with van der Waals surface area (Å²) in [6.07, 6.45) is 0. The Bertz CT molecular complexity index is 338. The largest absolute Gasteiger partial charge is 0.297 e. The first kappa shape index (κ1) is 12.3. The van der Waals surface area contributed by atoms with Crippen LogP contribution in [-0.2, 0) is 19.5 Å². The number of hydrogen-bond acceptors (Lipinski definition) is 1. The van der Waals surface area contributed by atoms with Crippen molar-refractivity contribution < 1.29 is 37.4 Å². The van der Waals surface area contributed by atoms with E-state index >= 15 is 0 Å². The van der Waals surface area contributed by atoms with Crippen LogP contribution in [0.4, 0.5) is 13.2 Å². The maximum absolute atomic E-state index is 12.6. The molecule has 66 valence electrons. The minimum atomic E-state index is -1.48. The molecule has 0 aromatic heterocycles. The second-order valence-electron chi connectivity index (χ2n) is 2.20. The fourth-order valence-corrected chi connectivity index (χ4v) is 0.800. The third kappa shape index (κ3) is 2.37. The molecule has 0 radical (unpaired) electrons. The number of hydrogen-bond donors (Lipinski definition) is 0. The second kappa shape index (κ2) is 4.51. The Morgan fingerprint density at radius 3 is 2.31 bits per heavy atom. The summed E-state index contributed by atoms with van der Waals surface area (Å²) in [5.74, 6) is -4.77. The summed E-state index contributed by atoms with van der Waals surface area (Å²) in [6.45, 7) is 0.959. The van der Waals surface area contributed by atoms with Gasteiger partial charge in [-0.2, -0.15) is 0 Å². The molecular formula is C8H4F3OZn-. The topological polar surface area (TPSA) is 17.1 Å². The molecule has 0 bridgehead atoms. The van der Waals surface area contributed by atoms with Crippen molar-refractivity contribution in [2.24, 2.45) is 0 Å². The Labute approximate surface area is 85.7 Å². The molecule has 1 nitrogen and oxygen atoms in total. The van der Waals surface area contributed by atoms with Gasteiger partial charge in [-0.3, -0.25) is 13.6 Å². The van der Waals surface area contributed by atoms with E-state index in [-0.39, 0.29) is 19.5 Å². The number of carbonyl (C=O) groups is 1. The number of rotatable bonds is 1. The Hall–Kier alpha value is -0.697. The summed E-state index contributed by atoms with van der Waals surface area (Å²) in [6, 6.07) is 2.29. The SMILES string of the molecule is CC(=O)c1c(F)c[c-]c(F)c1F.[Zn]. The quantitative estimate of drug-likeness (QED) is 0.317. The predicted octanol–water partition coefficient (Wildman–Crippen LogP) is 2.10. The van der Waals surface area contributed by atoms with Gasteiger partial charge in [-0.25, -0.2) is 4.39 Å². The van der Waals surface area contributed by atoms with Crippen molar-refractivity contribution in [2.75, 3.05) is 0 Å². The fraction of sp³-hybridized carbons (Fsp3) is 0.125. The summed E-state index contributed by atoms with van der Waals surface area (Å²) in [5.41, 5.74) is -0.855. The van der Waals surface area contributed by atoms with Gasteiger partial charge in [-0.1, -0.05) is 0 Å². The fourth-order valence-electron chi connectivity index (χ4n) is 0.800. The average molecular weight is 239 g/mol. The number of benzene rings is 1. The number of ketones is 1. The molecule has 13 heavy (non-hydrogen) atoms. The third-order valence-electron chi connectivity index (χ3n) is 1.33. The standard InChI is InChI=1S/C8H4F3O.Zn/c1-4(12)7-5(9)2-3-6(10)8(7)11;/h2H,1H3;/q-1;. The molecule has 0 aliphatic carbocycles.